The van der Waals surface area contributed by atoms with Gasteiger partial charge in [-0.15, -0.1) is 0 Å². The van der Waals surface area contributed by atoms with Crippen LogP contribution in [0.25, 0.3) is 0 Å². The summed E-state index contributed by atoms with van der Waals surface area (Å²) in [6, 6.07) is 0. The maximum Gasteiger partial charge on any atom is 0.00717 e. The Hall–Kier alpha value is -1.01. The number of hydrogen-bond donors (Lipinski definition) is 0. The van der Waals surface area contributed by atoms with Crippen LogP contribution < -0.4 is 0 Å². The summed E-state index contributed by atoms with van der Waals surface area (Å²) in [7, 11) is 0. The lowest BCUT2D eigenvalue weighted by Gasteiger charge is -2.32. The molecule has 0 radical (unpaired) electrons. The van der Waals surface area contributed by atoms with Crippen LogP contribution in [0, 0.1) is 5.41 Å². The lowest BCUT2D eigenvalue weighted by atomic mass is 9.72. The molecule has 0 heterocycles. The van der Waals surface area contributed by atoms with E-state index in [9.17, 15) is 0 Å². The molecule has 0 spiro atoms. The molecule has 0 N–H and O–H groups in total. The van der Waals surface area contributed by atoms with E-state index in [1.807, 2.05) is 19.1 Å². The van der Waals surface area contributed by atoms with Crippen LogP contribution >= 0.6 is 11.6 Å². The molecule has 20 heavy (non-hydrogen) atoms. The van der Waals surface area contributed by atoms with Gasteiger partial charge in [0.05, 0.1) is 0 Å². The summed E-state index contributed by atoms with van der Waals surface area (Å²) in [4.78, 5) is 0. The summed E-state index contributed by atoms with van der Waals surface area (Å²) >= 11 is 5.62. The van der Waals surface area contributed by atoms with Crippen LogP contribution in [-0.4, -0.2) is 0 Å². The quantitative estimate of drug-likeness (QED) is 0.504. The van der Waals surface area contributed by atoms with E-state index in [2.05, 4.69) is 45.9 Å². The van der Waals surface area contributed by atoms with Crippen molar-refractivity contribution in [1.82, 2.24) is 0 Å². The van der Waals surface area contributed by atoms with Gasteiger partial charge in [-0.3, -0.25) is 0 Å². The highest BCUT2D eigenvalue weighted by molar-refractivity contribution is 6.25. The highest BCUT2D eigenvalue weighted by Crippen LogP contribution is 2.40. The van der Waals surface area contributed by atoms with Crippen LogP contribution in [-0.2, 0) is 0 Å². The average Bonchev–Trinajstić information content (AvgIpc) is 2.37. The smallest absolute Gasteiger partial charge is 0.00717 e. The van der Waals surface area contributed by atoms with E-state index in [4.69, 9.17) is 11.6 Å². The summed E-state index contributed by atoms with van der Waals surface area (Å²) in [5, 5.41) is 0. The molecule has 0 saturated heterocycles. The summed E-state index contributed by atoms with van der Waals surface area (Å²) in [6.07, 6.45) is 14.5. The molecule has 110 valence electrons. The van der Waals surface area contributed by atoms with E-state index in [1.54, 1.807) is 11.1 Å². The molecule has 1 aliphatic carbocycles. The van der Waals surface area contributed by atoms with Crippen LogP contribution in [0.2, 0.25) is 0 Å². The zero-order valence-corrected chi connectivity index (χ0v) is 14.2. The first kappa shape index (κ1) is 17.0. The molecule has 0 saturated carbocycles. The van der Waals surface area contributed by atoms with Gasteiger partial charge < -0.3 is 0 Å². The zero-order valence-electron chi connectivity index (χ0n) is 13.5. The summed E-state index contributed by atoms with van der Waals surface area (Å²) in [5.41, 5.74) is 7.28. The van der Waals surface area contributed by atoms with Gasteiger partial charge in [-0.1, -0.05) is 67.0 Å². The summed E-state index contributed by atoms with van der Waals surface area (Å²) in [6.45, 7) is 11.1. The number of rotatable bonds is 4. The second kappa shape index (κ2) is 7.69. The predicted molar refractivity (Wildman–Crippen MR) is 92.0 cm³/mol. The van der Waals surface area contributed by atoms with Crippen molar-refractivity contribution in [2.45, 2.75) is 53.9 Å². The molecule has 0 unspecified atom stereocenters. The van der Waals surface area contributed by atoms with Gasteiger partial charge in [0.25, 0.3) is 0 Å². The van der Waals surface area contributed by atoms with Gasteiger partial charge >= 0.3 is 0 Å². The van der Waals surface area contributed by atoms with Crippen molar-refractivity contribution in [3.63, 3.8) is 0 Å². The Labute approximate surface area is 129 Å². The molecule has 0 amide bonds. The maximum atomic E-state index is 5.62. The number of halogens is 1. The molecule has 0 atom stereocenters. The van der Waals surface area contributed by atoms with E-state index in [0.717, 1.165) is 5.57 Å². The zero-order chi connectivity index (χ0) is 15.2. The van der Waals surface area contributed by atoms with E-state index in [-0.39, 0.29) is 0 Å². The van der Waals surface area contributed by atoms with Crippen molar-refractivity contribution >= 4 is 11.6 Å². The van der Waals surface area contributed by atoms with Crippen molar-refractivity contribution in [2.24, 2.45) is 5.41 Å². The fourth-order valence-corrected chi connectivity index (χ4v) is 2.74. The number of allylic oxidation sites excluding steroid dienone is 9. The topological polar surface area (TPSA) is 0 Å². The van der Waals surface area contributed by atoms with Crippen LogP contribution in [0.15, 0.2) is 58.2 Å². The molecule has 0 nitrogen and oxygen atoms in total. The monoisotopic (exact) mass is 290 g/mol. The van der Waals surface area contributed by atoms with Gasteiger partial charge in [-0.25, -0.2) is 0 Å². The van der Waals surface area contributed by atoms with Crippen LogP contribution in [0.4, 0.5) is 0 Å². The molecular weight excluding hydrogens is 264 g/mol. The van der Waals surface area contributed by atoms with Gasteiger partial charge in [0.15, 0.2) is 0 Å². The van der Waals surface area contributed by atoms with Crippen molar-refractivity contribution in [2.75, 3.05) is 0 Å². The Morgan fingerprint density at radius 2 is 1.85 bits per heavy atom. The Kier molecular flexibility index (Phi) is 6.55. The Morgan fingerprint density at radius 1 is 1.15 bits per heavy atom. The second-order valence-corrected chi connectivity index (χ2v) is 6.61. The van der Waals surface area contributed by atoms with Crippen LogP contribution in [0.1, 0.15) is 53.9 Å². The Morgan fingerprint density at radius 3 is 2.45 bits per heavy atom. The van der Waals surface area contributed by atoms with Gasteiger partial charge in [0.2, 0.25) is 0 Å². The first-order valence-electron chi connectivity index (χ1n) is 7.37. The first-order chi connectivity index (χ1) is 9.36. The molecular formula is C19H27Cl. The highest BCUT2D eigenvalue weighted by atomic mass is 35.5. The minimum Gasteiger partial charge on any atom is -0.0927 e. The summed E-state index contributed by atoms with van der Waals surface area (Å²) < 4.78 is 0. The Bertz CT molecular complexity index is 482. The third-order valence-corrected chi connectivity index (χ3v) is 4.29. The fraction of sp³-hybridized carbons (Fsp3) is 0.474. The van der Waals surface area contributed by atoms with Crippen molar-refractivity contribution in [3.05, 3.63) is 58.2 Å². The third kappa shape index (κ3) is 5.17. The van der Waals surface area contributed by atoms with Gasteiger partial charge in [-0.2, -0.15) is 0 Å². The Balaban J connectivity index is 2.81. The maximum absolute atomic E-state index is 5.62. The van der Waals surface area contributed by atoms with E-state index >= 15 is 0 Å². The molecule has 0 aromatic heterocycles. The second-order valence-electron chi connectivity index (χ2n) is 6.39. The molecule has 0 aliphatic heterocycles. The number of hydrogen-bond acceptors (Lipinski definition) is 0. The standard InChI is InChI=1S/C19H27Cl/c1-15(8-6-9-16(2)14-20)11-12-18-17(3)10-7-13-19(18,4)5/h6,8-9,11-12,14H,7,10,13H2,1-5H3/b9-6+,12-11+,15-8-,16-14+. The van der Waals surface area contributed by atoms with Crippen molar-refractivity contribution in [1.29, 1.82) is 0 Å². The minimum atomic E-state index is 0.312. The summed E-state index contributed by atoms with van der Waals surface area (Å²) in [5.74, 6) is 0. The normalized spacial score (nSPS) is 21.3. The van der Waals surface area contributed by atoms with Gasteiger partial charge in [0.1, 0.15) is 0 Å². The molecule has 0 fully saturated rings. The predicted octanol–water partition coefficient (Wildman–Crippen LogP) is 6.71. The lowest BCUT2D eigenvalue weighted by molar-refractivity contribution is 0.377. The molecule has 1 rings (SSSR count). The van der Waals surface area contributed by atoms with E-state index in [1.165, 1.54) is 30.4 Å². The van der Waals surface area contributed by atoms with Gasteiger partial charge in [0, 0.05) is 5.54 Å². The average molecular weight is 291 g/mol. The third-order valence-electron chi connectivity index (χ3n) is 3.95. The van der Waals surface area contributed by atoms with Crippen LogP contribution in [0.5, 0.6) is 0 Å². The molecule has 0 aromatic carbocycles. The van der Waals surface area contributed by atoms with Crippen LogP contribution in [0.3, 0.4) is 0 Å². The largest absolute Gasteiger partial charge is 0.0927 e. The lowest BCUT2D eigenvalue weighted by Crippen LogP contribution is -2.19. The SMILES string of the molecule is CC1=C(/C=C/C(C)=C\C=C\C(C)=C\Cl)C(C)(C)CCC1. The first-order valence-corrected chi connectivity index (χ1v) is 7.81. The van der Waals surface area contributed by atoms with Crippen molar-refractivity contribution in [3.8, 4) is 0 Å². The molecule has 0 aromatic rings. The molecule has 1 heteroatoms. The van der Waals surface area contributed by atoms with Gasteiger partial charge in [-0.05, 0) is 56.6 Å². The highest BCUT2D eigenvalue weighted by Gasteiger charge is 2.26. The minimum absolute atomic E-state index is 0.312. The fourth-order valence-electron chi connectivity index (χ4n) is 2.67. The molecule has 0 bridgehead atoms. The van der Waals surface area contributed by atoms with E-state index in [0.29, 0.717) is 5.41 Å². The van der Waals surface area contributed by atoms with E-state index < -0.39 is 0 Å². The van der Waals surface area contributed by atoms with Crippen molar-refractivity contribution < 1.29 is 0 Å². The molecule has 1 aliphatic rings.